The second-order valence-corrected chi connectivity index (χ2v) is 11.4. The van der Waals surface area contributed by atoms with Crippen molar-refractivity contribution in [2.45, 2.75) is 53.5 Å². The fourth-order valence-electron chi connectivity index (χ4n) is 5.64. The molecule has 0 saturated carbocycles. The Morgan fingerprint density at radius 2 is 1.78 bits per heavy atom. The van der Waals surface area contributed by atoms with Gasteiger partial charge in [0.05, 0.1) is 12.3 Å². The number of rotatable bonds is 9. The first-order valence-corrected chi connectivity index (χ1v) is 14.5. The normalized spacial score (nSPS) is 12.6. The van der Waals surface area contributed by atoms with E-state index in [0.29, 0.717) is 24.7 Å². The molecule has 41 heavy (non-hydrogen) atoms. The van der Waals surface area contributed by atoms with Crippen LogP contribution in [0.2, 0.25) is 10.2 Å². The number of aromatic nitrogens is 3. The number of benzene rings is 2. The molecule has 4 aromatic rings. The molecule has 0 bridgehead atoms. The van der Waals surface area contributed by atoms with Gasteiger partial charge >= 0.3 is 0 Å². The number of nitrogens with zero attached hydrogens (tertiary/aromatic N) is 3. The average Bonchev–Trinajstić information content (AvgIpc) is 3.44. The Morgan fingerprint density at radius 3 is 2.44 bits per heavy atom. The first kappa shape index (κ1) is 28.9. The van der Waals surface area contributed by atoms with Crippen molar-refractivity contribution < 1.29 is 9.53 Å². The van der Waals surface area contributed by atoms with E-state index >= 15 is 0 Å². The maximum Gasteiger partial charge on any atom is 0.248 e. The summed E-state index contributed by atoms with van der Waals surface area (Å²) in [4.78, 5) is 17.8. The third kappa shape index (κ3) is 6.04. The maximum atomic E-state index is 13.6. The zero-order valence-electron chi connectivity index (χ0n) is 24.1. The molecule has 1 N–H and O–H groups in total. The third-order valence-electron chi connectivity index (χ3n) is 7.76. The topological polar surface area (TPSA) is 69.0 Å². The number of amides is 1. The van der Waals surface area contributed by atoms with Crippen LogP contribution in [0.15, 0.2) is 54.2 Å². The molecule has 0 saturated heterocycles. The Hall–Kier alpha value is -3.61. The van der Waals surface area contributed by atoms with Crippen molar-refractivity contribution in [3.05, 3.63) is 104 Å². The lowest BCUT2D eigenvalue weighted by Gasteiger charge is -2.13. The Morgan fingerprint density at radius 1 is 1.05 bits per heavy atom. The molecular weight excluding hydrogens is 555 g/mol. The molecule has 5 rings (SSSR count). The molecule has 8 heteroatoms. The minimum Gasteiger partial charge on any atom is -0.494 e. The van der Waals surface area contributed by atoms with Crippen LogP contribution in [-0.2, 0) is 24.8 Å². The summed E-state index contributed by atoms with van der Waals surface area (Å²) in [6.45, 7) is 9.00. The van der Waals surface area contributed by atoms with Crippen molar-refractivity contribution in [1.29, 1.82) is 0 Å². The Kier molecular flexibility index (Phi) is 8.52. The van der Waals surface area contributed by atoms with E-state index in [1.807, 2.05) is 50.7 Å². The van der Waals surface area contributed by atoms with Gasteiger partial charge < -0.3 is 10.1 Å². The molecule has 0 atom stereocenters. The molecule has 2 aromatic carbocycles. The smallest absolute Gasteiger partial charge is 0.248 e. The number of carbonyl (C=O) groups excluding carboxylic acids is 1. The van der Waals surface area contributed by atoms with Crippen LogP contribution < -0.4 is 10.1 Å². The molecule has 2 heterocycles. The third-order valence-corrected chi connectivity index (χ3v) is 8.58. The summed E-state index contributed by atoms with van der Waals surface area (Å²) in [5.41, 5.74) is 11.4. The zero-order chi connectivity index (χ0) is 29.3. The molecule has 0 aliphatic heterocycles. The minimum atomic E-state index is -0.0680. The SMILES string of the molecule is Cc1cc(OCCCC2=C(C(=O)NCc3ccc(Cl)nc3)Cc3c2cccc3-c2c(C)nn(C)c2C)cc(C)c1Cl. The van der Waals surface area contributed by atoms with E-state index in [-0.39, 0.29) is 5.91 Å². The van der Waals surface area contributed by atoms with Gasteiger partial charge in [-0.3, -0.25) is 9.48 Å². The van der Waals surface area contributed by atoms with Crippen molar-refractivity contribution >= 4 is 34.7 Å². The van der Waals surface area contributed by atoms with Gasteiger partial charge in [0.2, 0.25) is 5.91 Å². The molecule has 0 spiro atoms. The number of fused-ring (bicyclic) bond motifs is 1. The van der Waals surface area contributed by atoms with Gasteiger partial charge in [-0.25, -0.2) is 4.98 Å². The van der Waals surface area contributed by atoms with E-state index in [9.17, 15) is 4.79 Å². The largest absolute Gasteiger partial charge is 0.494 e. The van der Waals surface area contributed by atoms with Crippen molar-refractivity contribution in [2.24, 2.45) is 7.05 Å². The predicted molar refractivity (Wildman–Crippen MR) is 165 cm³/mol. The highest BCUT2D eigenvalue weighted by molar-refractivity contribution is 6.32. The van der Waals surface area contributed by atoms with Gasteiger partial charge in [0.25, 0.3) is 0 Å². The summed E-state index contributed by atoms with van der Waals surface area (Å²) < 4.78 is 8.01. The number of hydrogen-bond donors (Lipinski definition) is 1. The number of hydrogen-bond acceptors (Lipinski definition) is 4. The van der Waals surface area contributed by atoms with Gasteiger partial charge in [-0.05, 0) is 97.7 Å². The number of allylic oxidation sites excluding steroid dienone is 1. The average molecular weight is 590 g/mol. The number of aryl methyl sites for hydroxylation is 4. The fourth-order valence-corrected chi connectivity index (χ4v) is 5.86. The van der Waals surface area contributed by atoms with Crippen molar-refractivity contribution in [3.63, 3.8) is 0 Å². The summed E-state index contributed by atoms with van der Waals surface area (Å²) in [5, 5.41) is 8.95. The summed E-state index contributed by atoms with van der Waals surface area (Å²) in [5.74, 6) is 0.742. The molecule has 1 amide bonds. The maximum absolute atomic E-state index is 13.6. The van der Waals surface area contributed by atoms with Crippen LogP contribution in [-0.4, -0.2) is 27.3 Å². The van der Waals surface area contributed by atoms with E-state index in [0.717, 1.165) is 79.5 Å². The minimum absolute atomic E-state index is 0.0680. The quantitative estimate of drug-likeness (QED) is 0.162. The van der Waals surface area contributed by atoms with Gasteiger partial charge in [-0.1, -0.05) is 47.5 Å². The van der Waals surface area contributed by atoms with Gasteiger partial charge in [0.15, 0.2) is 0 Å². The van der Waals surface area contributed by atoms with Crippen LogP contribution in [0.25, 0.3) is 16.7 Å². The van der Waals surface area contributed by atoms with E-state index in [4.69, 9.17) is 27.9 Å². The Labute approximate surface area is 251 Å². The highest BCUT2D eigenvalue weighted by Gasteiger charge is 2.29. The van der Waals surface area contributed by atoms with Crippen molar-refractivity contribution in [1.82, 2.24) is 20.1 Å². The first-order valence-electron chi connectivity index (χ1n) is 13.8. The van der Waals surface area contributed by atoms with Crippen LogP contribution in [0.3, 0.4) is 0 Å². The van der Waals surface area contributed by atoms with Crippen LogP contribution in [0.1, 0.15) is 52.0 Å². The molecule has 2 aromatic heterocycles. The number of pyridine rings is 1. The lowest BCUT2D eigenvalue weighted by Crippen LogP contribution is -2.25. The molecule has 6 nitrogen and oxygen atoms in total. The molecular formula is C33H34Cl2N4O2. The molecule has 0 unspecified atom stereocenters. The molecule has 0 fully saturated rings. The number of halogens is 2. The number of carbonyl (C=O) groups is 1. The monoisotopic (exact) mass is 588 g/mol. The first-order chi connectivity index (χ1) is 19.6. The van der Waals surface area contributed by atoms with Gasteiger partial charge in [0.1, 0.15) is 10.9 Å². The Bertz CT molecular complexity index is 1630. The predicted octanol–water partition coefficient (Wildman–Crippen LogP) is 7.51. The van der Waals surface area contributed by atoms with E-state index in [1.165, 1.54) is 5.56 Å². The van der Waals surface area contributed by atoms with E-state index < -0.39 is 0 Å². The molecule has 212 valence electrons. The molecule has 1 aliphatic rings. The molecule has 1 aliphatic carbocycles. The summed E-state index contributed by atoms with van der Waals surface area (Å²) >= 11 is 12.3. The van der Waals surface area contributed by atoms with Gasteiger partial charge in [-0.15, -0.1) is 0 Å². The fraction of sp³-hybridized carbons (Fsp3) is 0.303. The number of ether oxygens (including phenoxy) is 1. The van der Waals surface area contributed by atoms with Crippen LogP contribution in [0, 0.1) is 27.7 Å². The lowest BCUT2D eigenvalue weighted by atomic mass is 9.93. The van der Waals surface area contributed by atoms with Crippen LogP contribution in [0.5, 0.6) is 5.75 Å². The van der Waals surface area contributed by atoms with Crippen molar-refractivity contribution in [3.8, 4) is 16.9 Å². The Balaban J connectivity index is 1.40. The highest BCUT2D eigenvalue weighted by Crippen LogP contribution is 2.42. The van der Waals surface area contributed by atoms with Gasteiger partial charge in [0, 0.05) is 48.1 Å². The standard InChI is InChI=1S/C33H34Cl2N4O2/c1-19-14-24(15-20(2)32(19)35)41-13-7-10-26-25-8-6-9-27(31-21(3)38-39(5)22(31)4)28(25)16-29(26)33(40)37-18-23-11-12-30(34)36-17-23/h6,8-9,11-12,14-15,17H,7,10,13,16,18H2,1-5H3,(H,37,40). The summed E-state index contributed by atoms with van der Waals surface area (Å²) in [6.07, 6.45) is 3.74. The summed E-state index contributed by atoms with van der Waals surface area (Å²) in [7, 11) is 1.97. The van der Waals surface area contributed by atoms with Crippen LogP contribution in [0.4, 0.5) is 0 Å². The van der Waals surface area contributed by atoms with Crippen LogP contribution >= 0.6 is 23.2 Å². The van der Waals surface area contributed by atoms with Gasteiger partial charge in [-0.2, -0.15) is 5.10 Å². The van der Waals surface area contributed by atoms with E-state index in [1.54, 1.807) is 12.3 Å². The highest BCUT2D eigenvalue weighted by atomic mass is 35.5. The number of nitrogens with one attached hydrogen (secondary N) is 1. The molecule has 0 radical (unpaired) electrons. The summed E-state index contributed by atoms with van der Waals surface area (Å²) in [6, 6.07) is 13.9. The zero-order valence-corrected chi connectivity index (χ0v) is 25.6. The second-order valence-electron chi connectivity index (χ2n) is 10.6. The van der Waals surface area contributed by atoms with Crippen molar-refractivity contribution in [2.75, 3.05) is 6.61 Å². The lowest BCUT2D eigenvalue weighted by molar-refractivity contribution is -0.117. The second kappa shape index (κ2) is 12.1. The van der Waals surface area contributed by atoms with E-state index in [2.05, 4.69) is 40.5 Å².